The monoisotopic (exact) mass is 550 g/mol. The fraction of sp³-hybridized carbons (Fsp3) is 0.0870. The Morgan fingerprint density at radius 3 is 2.12 bits per heavy atom. The van der Waals surface area contributed by atoms with Crippen molar-refractivity contribution in [3.8, 4) is 0 Å². The fourth-order valence-electron chi connectivity index (χ4n) is 3.01. The summed E-state index contributed by atoms with van der Waals surface area (Å²) in [5, 5.41) is 0.484. The van der Waals surface area contributed by atoms with Crippen LogP contribution in [0.1, 0.15) is 27.0 Å². The van der Waals surface area contributed by atoms with Gasteiger partial charge >= 0.3 is 6.18 Å². The summed E-state index contributed by atoms with van der Waals surface area (Å²) in [6.45, 7) is 0. The molecule has 0 unspecified atom stereocenters. The minimum Gasteiger partial charge on any atom is -0.288 e. The van der Waals surface area contributed by atoms with Gasteiger partial charge < -0.3 is 0 Å². The van der Waals surface area contributed by atoms with E-state index in [1.807, 2.05) is 0 Å². The van der Waals surface area contributed by atoms with Crippen molar-refractivity contribution in [1.82, 2.24) is 0 Å². The number of rotatable bonds is 6. The van der Waals surface area contributed by atoms with Gasteiger partial charge in [-0.25, -0.2) is 12.8 Å². The molecule has 0 spiro atoms. The van der Waals surface area contributed by atoms with Crippen LogP contribution < -0.4 is 0 Å². The minimum absolute atomic E-state index is 0.0572. The molecule has 178 valence electrons. The second kappa shape index (κ2) is 10.1. The lowest BCUT2D eigenvalue weighted by atomic mass is 10.0. The maximum Gasteiger partial charge on any atom is 0.417 e. The van der Waals surface area contributed by atoms with Gasteiger partial charge in [-0.15, -0.1) is 0 Å². The van der Waals surface area contributed by atoms with Crippen LogP contribution in [0.25, 0.3) is 6.08 Å². The molecule has 0 atom stereocenters. The van der Waals surface area contributed by atoms with E-state index in [0.29, 0.717) is 6.08 Å². The van der Waals surface area contributed by atoms with Crippen molar-refractivity contribution in [2.45, 2.75) is 11.9 Å². The van der Waals surface area contributed by atoms with Gasteiger partial charge in [0.1, 0.15) is 10.7 Å². The fourth-order valence-corrected chi connectivity index (χ4v) is 4.94. The lowest BCUT2D eigenvalue weighted by molar-refractivity contribution is -0.137. The number of halogens is 7. The number of sulfone groups is 1. The lowest BCUT2D eigenvalue weighted by Gasteiger charge is -2.13. The average molecular weight is 552 g/mol. The van der Waals surface area contributed by atoms with Crippen LogP contribution in [-0.2, 0) is 21.8 Å². The highest BCUT2D eigenvalue weighted by Crippen LogP contribution is 2.35. The average Bonchev–Trinajstić information content (AvgIpc) is 2.74. The number of carbonyl (C=O) groups excluding carboxylic acids is 1. The number of benzene rings is 3. The molecule has 3 aromatic rings. The molecule has 0 aliphatic rings. The van der Waals surface area contributed by atoms with Crippen molar-refractivity contribution < 1.29 is 30.8 Å². The number of hydrogen-bond acceptors (Lipinski definition) is 3. The van der Waals surface area contributed by atoms with Gasteiger partial charge in [-0.3, -0.25) is 4.79 Å². The van der Waals surface area contributed by atoms with Crippen LogP contribution in [0.3, 0.4) is 0 Å². The van der Waals surface area contributed by atoms with E-state index in [2.05, 4.69) is 0 Å². The SMILES string of the molecule is O=C(/C(=C\c1ccc(F)cc1C(F)(F)F)S(=O)(=O)Cc1ccc(Cl)c(Cl)c1)c1ccc(Cl)cc1. The first-order valence-electron chi connectivity index (χ1n) is 9.33. The number of ketones is 1. The van der Waals surface area contributed by atoms with Crippen LogP contribution in [-0.4, -0.2) is 14.2 Å². The zero-order valence-electron chi connectivity index (χ0n) is 16.8. The van der Waals surface area contributed by atoms with Crippen molar-refractivity contribution in [2.75, 3.05) is 0 Å². The highest BCUT2D eigenvalue weighted by molar-refractivity contribution is 7.95. The quantitative estimate of drug-likeness (QED) is 0.180. The van der Waals surface area contributed by atoms with E-state index in [1.54, 1.807) is 0 Å². The molecule has 0 heterocycles. The Morgan fingerprint density at radius 1 is 0.882 bits per heavy atom. The molecular weight excluding hydrogens is 539 g/mol. The molecular formula is C23H13Cl3F4O3S. The first kappa shape index (κ1) is 26.2. The molecule has 3 rings (SSSR count). The Labute approximate surface area is 207 Å². The molecule has 0 aliphatic carbocycles. The van der Waals surface area contributed by atoms with Gasteiger partial charge in [-0.05, 0) is 65.7 Å². The van der Waals surface area contributed by atoms with Gasteiger partial charge in [0.15, 0.2) is 9.84 Å². The topological polar surface area (TPSA) is 51.2 Å². The summed E-state index contributed by atoms with van der Waals surface area (Å²) in [6.07, 6.45) is -4.41. The van der Waals surface area contributed by atoms with Crippen LogP contribution in [0.2, 0.25) is 15.1 Å². The Balaban J connectivity index is 2.19. The van der Waals surface area contributed by atoms with Crippen LogP contribution in [0.5, 0.6) is 0 Å². The molecule has 0 aromatic heterocycles. The Bertz CT molecular complexity index is 1380. The normalized spacial score (nSPS) is 12.6. The number of alkyl halides is 3. The number of carbonyl (C=O) groups is 1. The number of allylic oxidation sites excluding steroid dienone is 1. The summed E-state index contributed by atoms with van der Waals surface area (Å²) in [5.41, 5.74) is -2.09. The molecule has 34 heavy (non-hydrogen) atoms. The third kappa shape index (κ3) is 6.18. The lowest BCUT2D eigenvalue weighted by Crippen LogP contribution is -2.17. The van der Waals surface area contributed by atoms with Gasteiger partial charge in [-0.1, -0.05) is 46.9 Å². The predicted molar refractivity (Wildman–Crippen MR) is 124 cm³/mol. The zero-order valence-corrected chi connectivity index (χ0v) is 19.9. The Morgan fingerprint density at radius 2 is 1.53 bits per heavy atom. The number of Topliss-reactive ketones (excluding diaryl/α,β-unsaturated/α-hetero) is 1. The Hall–Kier alpha value is -2.39. The van der Waals surface area contributed by atoms with E-state index in [0.717, 1.165) is 12.1 Å². The Kier molecular flexibility index (Phi) is 7.77. The van der Waals surface area contributed by atoms with Gasteiger partial charge in [0.2, 0.25) is 5.78 Å². The molecule has 0 saturated heterocycles. The van der Waals surface area contributed by atoms with Crippen molar-refractivity contribution >= 4 is 56.5 Å². The van der Waals surface area contributed by atoms with E-state index in [4.69, 9.17) is 34.8 Å². The summed E-state index contributed by atoms with van der Waals surface area (Å²) in [6, 6.07) is 10.8. The first-order valence-corrected chi connectivity index (χ1v) is 12.1. The molecule has 11 heteroatoms. The summed E-state index contributed by atoms with van der Waals surface area (Å²) < 4.78 is 80.6. The van der Waals surface area contributed by atoms with Gasteiger partial charge in [0.25, 0.3) is 0 Å². The van der Waals surface area contributed by atoms with E-state index in [9.17, 15) is 30.8 Å². The summed E-state index contributed by atoms with van der Waals surface area (Å²) >= 11 is 17.6. The predicted octanol–water partition coefficient (Wildman–Crippen LogP) is 7.64. The van der Waals surface area contributed by atoms with Crippen molar-refractivity contribution in [2.24, 2.45) is 0 Å². The molecule has 0 saturated carbocycles. The van der Waals surface area contributed by atoms with Crippen LogP contribution in [0, 0.1) is 5.82 Å². The largest absolute Gasteiger partial charge is 0.417 e. The van der Waals surface area contributed by atoms with Crippen molar-refractivity contribution in [3.05, 3.63) is 109 Å². The van der Waals surface area contributed by atoms with Crippen LogP contribution in [0.15, 0.2) is 65.6 Å². The first-order chi connectivity index (χ1) is 15.8. The summed E-state index contributed by atoms with van der Waals surface area (Å²) in [7, 11) is -4.52. The third-order valence-electron chi connectivity index (χ3n) is 4.61. The molecule has 0 fully saturated rings. The molecule has 3 aromatic carbocycles. The van der Waals surface area contributed by atoms with Crippen molar-refractivity contribution in [3.63, 3.8) is 0 Å². The maximum atomic E-state index is 13.5. The zero-order chi connectivity index (χ0) is 25.3. The van der Waals surface area contributed by atoms with Crippen LogP contribution in [0.4, 0.5) is 17.6 Å². The molecule has 0 N–H and O–H groups in total. The third-order valence-corrected chi connectivity index (χ3v) is 7.29. The second-order valence-electron chi connectivity index (χ2n) is 7.08. The molecule has 0 radical (unpaired) electrons. The number of hydrogen-bond donors (Lipinski definition) is 0. The van der Waals surface area contributed by atoms with Gasteiger partial charge in [-0.2, -0.15) is 13.2 Å². The van der Waals surface area contributed by atoms with Crippen molar-refractivity contribution in [1.29, 1.82) is 0 Å². The van der Waals surface area contributed by atoms with Gasteiger partial charge in [0.05, 0.1) is 21.4 Å². The second-order valence-corrected chi connectivity index (χ2v) is 10.3. The summed E-state index contributed by atoms with van der Waals surface area (Å²) in [5.74, 6) is -2.99. The van der Waals surface area contributed by atoms with E-state index < -0.39 is 49.4 Å². The van der Waals surface area contributed by atoms with E-state index in [-0.39, 0.29) is 32.3 Å². The highest BCUT2D eigenvalue weighted by atomic mass is 35.5. The van der Waals surface area contributed by atoms with E-state index >= 15 is 0 Å². The highest BCUT2D eigenvalue weighted by Gasteiger charge is 2.35. The van der Waals surface area contributed by atoms with Gasteiger partial charge in [0, 0.05) is 10.6 Å². The molecule has 0 aliphatic heterocycles. The van der Waals surface area contributed by atoms with Crippen LogP contribution >= 0.6 is 34.8 Å². The smallest absolute Gasteiger partial charge is 0.288 e. The standard InChI is InChI=1S/C23H13Cl3F4O3S/c24-16-5-2-14(3-6-16)22(31)21(10-15-4-7-17(27)11-18(15)23(28,29)30)34(32,33)12-13-1-8-19(25)20(26)9-13/h1-11H,12H2/b21-10+. The maximum absolute atomic E-state index is 13.5. The molecule has 0 amide bonds. The molecule has 0 bridgehead atoms. The minimum atomic E-state index is -5.00. The molecule has 3 nitrogen and oxygen atoms in total. The summed E-state index contributed by atoms with van der Waals surface area (Å²) in [4.78, 5) is 12.2. The van der Waals surface area contributed by atoms with E-state index in [1.165, 1.54) is 42.5 Å².